The van der Waals surface area contributed by atoms with Crippen molar-refractivity contribution < 1.29 is 0 Å². The minimum Gasteiger partial charge on any atom is -0.372 e. The fourth-order valence-corrected chi connectivity index (χ4v) is 1.55. The molecule has 0 unspecified atom stereocenters. The zero-order valence-corrected chi connectivity index (χ0v) is 7.17. The second-order valence-corrected chi connectivity index (χ2v) is 3.22. The van der Waals surface area contributed by atoms with E-state index in [9.17, 15) is 0 Å². The van der Waals surface area contributed by atoms with Crippen molar-refractivity contribution in [2.45, 2.75) is 45.7 Å². The van der Waals surface area contributed by atoms with Gasteiger partial charge < -0.3 is 4.90 Å². The van der Waals surface area contributed by atoms with Crippen molar-refractivity contribution in [2.75, 3.05) is 0 Å². The fraction of sp³-hybridized carbons (Fsp3) is 0.778. The average Bonchev–Trinajstić information content (AvgIpc) is 2.33. The lowest BCUT2D eigenvalue weighted by atomic mass is 10.1. The highest BCUT2D eigenvalue weighted by molar-refractivity contribution is 4.98. The Morgan fingerprint density at radius 2 is 2.30 bits per heavy atom. The maximum atomic E-state index is 2.44. The third-order valence-corrected chi connectivity index (χ3v) is 2.17. The normalized spacial score (nSPS) is 24.8. The van der Waals surface area contributed by atoms with Crippen molar-refractivity contribution >= 4 is 0 Å². The zero-order valence-electron chi connectivity index (χ0n) is 7.17. The van der Waals surface area contributed by atoms with E-state index in [1.165, 1.54) is 12.8 Å². The van der Waals surface area contributed by atoms with Gasteiger partial charge in [0.2, 0.25) is 0 Å². The molecule has 0 amide bonds. The molecule has 58 valence electrons. The molecule has 10 heavy (non-hydrogen) atoms. The van der Waals surface area contributed by atoms with Gasteiger partial charge in [0.1, 0.15) is 0 Å². The van der Waals surface area contributed by atoms with Crippen LogP contribution in [0.5, 0.6) is 0 Å². The lowest BCUT2D eigenvalue weighted by molar-refractivity contribution is 0.242. The molecule has 0 saturated heterocycles. The van der Waals surface area contributed by atoms with E-state index in [0.717, 1.165) is 6.04 Å². The topological polar surface area (TPSA) is 3.24 Å². The van der Waals surface area contributed by atoms with Crippen LogP contribution in [0.15, 0.2) is 12.3 Å². The van der Waals surface area contributed by atoms with E-state index in [-0.39, 0.29) is 0 Å². The molecule has 1 nitrogen and oxygen atoms in total. The summed E-state index contributed by atoms with van der Waals surface area (Å²) in [5.41, 5.74) is 0. The molecule has 0 aromatic heterocycles. The van der Waals surface area contributed by atoms with Gasteiger partial charge in [0.05, 0.1) is 0 Å². The predicted molar refractivity (Wildman–Crippen MR) is 44.8 cm³/mol. The Hall–Kier alpha value is -0.460. The molecule has 0 radical (unpaired) electrons. The van der Waals surface area contributed by atoms with Crippen LogP contribution in [0.4, 0.5) is 0 Å². The largest absolute Gasteiger partial charge is 0.372 e. The van der Waals surface area contributed by atoms with Gasteiger partial charge in [0.25, 0.3) is 0 Å². The molecule has 0 fully saturated rings. The van der Waals surface area contributed by atoms with Crippen LogP contribution in [-0.2, 0) is 0 Å². The van der Waals surface area contributed by atoms with E-state index in [1.807, 2.05) is 0 Å². The lowest BCUT2D eigenvalue weighted by Gasteiger charge is -2.28. The summed E-state index contributed by atoms with van der Waals surface area (Å²) >= 11 is 0. The maximum absolute atomic E-state index is 2.44. The average molecular weight is 139 g/mol. The Morgan fingerprint density at radius 3 is 2.70 bits per heavy atom. The van der Waals surface area contributed by atoms with Gasteiger partial charge in [-0.25, -0.2) is 0 Å². The smallest absolute Gasteiger partial charge is 0.0319 e. The van der Waals surface area contributed by atoms with E-state index in [2.05, 4.69) is 37.9 Å². The highest BCUT2D eigenvalue weighted by Gasteiger charge is 2.18. The first kappa shape index (κ1) is 7.64. The third-order valence-electron chi connectivity index (χ3n) is 2.17. The van der Waals surface area contributed by atoms with Crippen molar-refractivity contribution in [1.29, 1.82) is 0 Å². The van der Waals surface area contributed by atoms with Crippen LogP contribution in [0, 0.1) is 0 Å². The fourth-order valence-electron chi connectivity index (χ4n) is 1.55. The minimum atomic E-state index is 0.670. The first-order valence-electron chi connectivity index (χ1n) is 4.19. The van der Waals surface area contributed by atoms with Crippen molar-refractivity contribution in [3.05, 3.63) is 12.3 Å². The molecule has 0 aromatic carbocycles. The third kappa shape index (κ3) is 1.34. The molecule has 0 N–H and O–H groups in total. The van der Waals surface area contributed by atoms with Gasteiger partial charge in [0, 0.05) is 12.1 Å². The summed E-state index contributed by atoms with van der Waals surface area (Å²) in [6, 6.07) is 1.45. The number of rotatable bonds is 2. The summed E-state index contributed by atoms with van der Waals surface area (Å²) < 4.78 is 0. The summed E-state index contributed by atoms with van der Waals surface area (Å²) in [5, 5.41) is 0. The molecule has 1 aliphatic heterocycles. The molecule has 0 aliphatic carbocycles. The second-order valence-electron chi connectivity index (χ2n) is 3.22. The maximum Gasteiger partial charge on any atom is 0.0319 e. The van der Waals surface area contributed by atoms with Crippen molar-refractivity contribution in [2.24, 2.45) is 0 Å². The molecule has 0 saturated carbocycles. The van der Waals surface area contributed by atoms with Gasteiger partial charge in [-0.15, -0.1) is 0 Å². The van der Waals surface area contributed by atoms with E-state index >= 15 is 0 Å². The molecule has 1 heteroatoms. The molecule has 1 aliphatic rings. The number of hydrogen-bond acceptors (Lipinski definition) is 1. The molecular weight excluding hydrogens is 122 g/mol. The van der Waals surface area contributed by atoms with Crippen LogP contribution in [0.25, 0.3) is 0 Å². The van der Waals surface area contributed by atoms with Crippen LogP contribution in [-0.4, -0.2) is 17.0 Å². The molecule has 0 bridgehead atoms. The Balaban J connectivity index is 2.49. The van der Waals surface area contributed by atoms with E-state index < -0.39 is 0 Å². The van der Waals surface area contributed by atoms with Crippen molar-refractivity contribution in [3.63, 3.8) is 0 Å². The number of nitrogens with zero attached hydrogens (tertiary/aromatic N) is 1. The quantitative estimate of drug-likeness (QED) is 0.568. The molecule has 1 atom stereocenters. The monoisotopic (exact) mass is 139 g/mol. The lowest BCUT2D eigenvalue weighted by Crippen LogP contribution is -2.32. The van der Waals surface area contributed by atoms with Crippen LogP contribution in [0.1, 0.15) is 33.6 Å². The van der Waals surface area contributed by atoms with Gasteiger partial charge in [0.15, 0.2) is 0 Å². The highest BCUT2D eigenvalue weighted by atomic mass is 15.2. The number of hydrogen-bond donors (Lipinski definition) is 0. The van der Waals surface area contributed by atoms with Crippen molar-refractivity contribution in [3.8, 4) is 0 Å². The SMILES string of the molecule is CC[C@@H]1CC=CN1C(C)C. The van der Waals surface area contributed by atoms with Crippen LogP contribution in [0.3, 0.4) is 0 Å². The van der Waals surface area contributed by atoms with E-state index in [0.29, 0.717) is 6.04 Å². The van der Waals surface area contributed by atoms with E-state index in [4.69, 9.17) is 0 Å². The molecular formula is C9H17N. The summed E-state index contributed by atoms with van der Waals surface area (Å²) in [6.07, 6.45) is 7.02. The van der Waals surface area contributed by atoms with Gasteiger partial charge in [-0.05, 0) is 32.9 Å². The highest BCUT2D eigenvalue weighted by Crippen LogP contribution is 2.19. The summed E-state index contributed by atoms with van der Waals surface area (Å²) in [7, 11) is 0. The van der Waals surface area contributed by atoms with Gasteiger partial charge >= 0.3 is 0 Å². The molecule has 1 heterocycles. The van der Waals surface area contributed by atoms with Crippen LogP contribution < -0.4 is 0 Å². The summed E-state index contributed by atoms with van der Waals surface area (Å²) in [5.74, 6) is 0. The summed E-state index contributed by atoms with van der Waals surface area (Å²) in [4.78, 5) is 2.44. The van der Waals surface area contributed by atoms with Gasteiger partial charge in [-0.1, -0.05) is 13.0 Å². The van der Waals surface area contributed by atoms with Crippen LogP contribution in [0.2, 0.25) is 0 Å². The van der Waals surface area contributed by atoms with Gasteiger partial charge in [-0.2, -0.15) is 0 Å². The van der Waals surface area contributed by atoms with E-state index in [1.54, 1.807) is 0 Å². The Morgan fingerprint density at radius 1 is 1.60 bits per heavy atom. The minimum absolute atomic E-state index is 0.670. The first-order valence-corrected chi connectivity index (χ1v) is 4.19. The molecule has 0 aromatic rings. The Bertz CT molecular complexity index is 127. The van der Waals surface area contributed by atoms with Crippen molar-refractivity contribution in [1.82, 2.24) is 4.90 Å². The van der Waals surface area contributed by atoms with Gasteiger partial charge in [-0.3, -0.25) is 0 Å². The zero-order chi connectivity index (χ0) is 7.56. The molecule has 1 rings (SSSR count). The second kappa shape index (κ2) is 3.09. The van der Waals surface area contributed by atoms with Crippen LogP contribution >= 0.6 is 0 Å². The predicted octanol–water partition coefficient (Wildman–Crippen LogP) is 2.39. The molecule has 0 spiro atoms. The first-order chi connectivity index (χ1) is 4.75. The summed E-state index contributed by atoms with van der Waals surface area (Å²) in [6.45, 7) is 6.75. The Kier molecular flexibility index (Phi) is 2.36. The Labute approximate surface area is 63.7 Å². The standard InChI is InChI=1S/C9H17N/c1-4-9-6-5-7-10(9)8(2)3/h5,7-9H,4,6H2,1-3H3/t9-/m1/s1.